The molecule has 0 bridgehead atoms. The fourth-order valence-corrected chi connectivity index (χ4v) is 7.63. The van der Waals surface area contributed by atoms with Gasteiger partial charge in [-0.05, 0) is 78.9 Å². The van der Waals surface area contributed by atoms with E-state index in [0.29, 0.717) is 5.82 Å². The summed E-state index contributed by atoms with van der Waals surface area (Å²) in [5.41, 5.74) is 11.4. The third-order valence-electron chi connectivity index (χ3n) is 10.0. The van der Waals surface area contributed by atoms with E-state index in [4.69, 9.17) is 18.8 Å². The van der Waals surface area contributed by atoms with Crippen LogP contribution in [-0.4, -0.2) is 14.5 Å². The summed E-state index contributed by atoms with van der Waals surface area (Å²) in [5, 5.41) is 6.72. The molecule has 5 heteroatoms. The zero-order chi connectivity index (χ0) is 33.5. The average molecular weight is 654 g/mol. The van der Waals surface area contributed by atoms with Gasteiger partial charge in [0.15, 0.2) is 5.82 Å². The highest BCUT2D eigenvalue weighted by Crippen LogP contribution is 2.37. The van der Waals surface area contributed by atoms with Crippen LogP contribution in [0.15, 0.2) is 173 Å². The lowest BCUT2D eigenvalue weighted by molar-refractivity contribution is 0.668. The van der Waals surface area contributed by atoms with Gasteiger partial charge in [-0.2, -0.15) is 0 Å². The Morgan fingerprint density at radius 2 is 0.843 bits per heavy atom. The van der Waals surface area contributed by atoms with Gasteiger partial charge in [-0.15, -0.1) is 0 Å². The molecule has 5 nitrogen and oxygen atoms in total. The van der Waals surface area contributed by atoms with Crippen molar-refractivity contribution < 1.29 is 8.83 Å². The molecule has 0 amide bonds. The molecule has 0 unspecified atom stereocenters. The first-order valence-electron chi connectivity index (χ1n) is 17.1. The third kappa shape index (κ3) is 4.35. The number of benzene rings is 7. The van der Waals surface area contributed by atoms with Crippen LogP contribution in [0.3, 0.4) is 0 Å². The second-order valence-corrected chi connectivity index (χ2v) is 13.0. The van der Waals surface area contributed by atoms with Crippen LogP contribution in [0.1, 0.15) is 0 Å². The van der Waals surface area contributed by atoms with Gasteiger partial charge in [0.1, 0.15) is 22.3 Å². The number of furan rings is 2. The topological polar surface area (TPSA) is 57.0 Å². The first-order chi connectivity index (χ1) is 25.2. The molecule has 0 saturated heterocycles. The largest absolute Gasteiger partial charge is 0.456 e. The highest BCUT2D eigenvalue weighted by atomic mass is 16.3. The van der Waals surface area contributed by atoms with Gasteiger partial charge >= 0.3 is 0 Å². The minimum atomic E-state index is 0.647. The van der Waals surface area contributed by atoms with Crippen LogP contribution in [0.2, 0.25) is 0 Å². The van der Waals surface area contributed by atoms with E-state index in [9.17, 15) is 0 Å². The van der Waals surface area contributed by atoms with Gasteiger partial charge in [0, 0.05) is 54.7 Å². The van der Waals surface area contributed by atoms with E-state index in [1.807, 2.05) is 48.5 Å². The maximum absolute atomic E-state index is 6.16. The third-order valence-corrected chi connectivity index (χ3v) is 10.0. The zero-order valence-electron chi connectivity index (χ0n) is 27.2. The quantitative estimate of drug-likeness (QED) is 0.190. The zero-order valence-corrected chi connectivity index (χ0v) is 27.2. The number of para-hydroxylation sites is 4. The van der Waals surface area contributed by atoms with Crippen molar-refractivity contribution in [2.75, 3.05) is 0 Å². The lowest BCUT2D eigenvalue weighted by Gasteiger charge is -2.12. The van der Waals surface area contributed by atoms with Crippen molar-refractivity contribution in [1.29, 1.82) is 0 Å². The number of hydrogen-bond acceptors (Lipinski definition) is 4. The molecule has 11 aromatic rings. The van der Waals surface area contributed by atoms with Gasteiger partial charge < -0.3 is 13.4 Å². The van der Waals surface area contributed by atoms with E-state index < -0.39 is 0 Å². The molecule has 238 valence electrons. The smallest absolute Gasteiger partial charge is 0.160 e. The van der Waals surface area contributed by atoms with E-state index in [-0.39, 0.29) is 0 Å². The Hall–Kier alpha value is -6.98. The van der Waals surface area contributed by atoms with E-state index in [2.05, 4.69) is 120 Å². The average Bonchev–Trinajstić information content (AvgIpc) is 3.87. The molecule has 0 spiro atoms. The Kier molecular flexibility index (Phi) is 5.89. The molecule has 11 rings (SSSR count). The van der Waals surface area contributed by atoms with Crippen molar-refractivity contribution in [3.8, 4) is 39.6 Å². The summed E-state index contributed by atoms with van der Waals surface area (Å²) in [6.45, 7) is 0. The number of hydrogen-bond donors (Lipinski definition) is 0. The van der Waals surface area contributed by atoms with Crippen LogP contribution in [0.25, 0.3) is 105 Å². The maximum Gasteiger partial charge on any atom is 0.160 e. The van der Waals surface area contributed by atoms with Gasteiger partial charge in [0.2, 0.25) is 0 Å². The Morgan fingerprint density at radius 3 is 1.47 bits per heavy atom. The Morgan fingerprint density at radius 1 is 0.353 bits per heavy atom. The fourth-order valence-electron chi connectivity index (χ4n) is 7.63. The Balaban J connectivity index is 1.13. The normalized spacial score (nSPS) is 11.9. The highest BCUT2D eigenvalue weighted by Gasteiger charge is 2.17. The van der Waals surface area contributed by atoms with Crippen LogP contribution in [0, 0.1) is 0 Å². The Labute approximate surface area is 291 Å². The molecule has 0 atom stereocenters. The van der Waals surface area contributed by atoms with Crippen LogP contribution < -0.4 is 0 Å². The summed E-state index contributed by atoms with van der Waals surface area (Å²) < 4.78 is 14.7. The second-order valence-electron chi connectivity index (χ2n) is 13.0. The highest BCUT2D eigenvalue weighted by molar-refractivity contribution is 6.10. The van der Waals surface area contributed by atoms with Crippen molar-refractivity contribution in [2.45, 2.75) is 0 Å². The lowest BCUT2D eigenvalue weighted by atomic mass is 10.0. The molecule has 0 radical (unpaired) electrons. The Bertz CT molecular complexity index is 2980. The molecule has 7 aromatic carbocycles. The summed E-state index contributed by atoms with van der Waals surface area (Å²) in [5.74, 6) is 0.647. The standard InChI is InChI=1S/C46H27N3O2/c1-5-16-40-32(12-1)33-13-2-6-17-41(33)49(40)31-11-9-10-28(24-31)38-27-39(29-20-22-44-36(25-29)34-14-3-7-18-42(34)50-44)48-46(47-38)30-21-23-45-37(26-30)35-15-4-8-19-43(35)51-45/h1-27H. The van der Waals surface area contributed by atoms with Gasteiger partial charge in [-0.3, -0.25) is 0 Å². The molecule has 0 saturated carbocycles. The van der Waals surface area contributed by atoms with Gasteiger partial charge in [0.05, 0.1) is 22.4 Å². The number of rotatable bonds is 4. The molecule has 4 heterocycles. The number of fused-ring (bicyclic) bond motifs is 9. The van der Waals surface area contributed by atoms with Crippen LogP contribution in [0.5, 0.6) is 0 Å². The van der Waals surface area contributed by atoms with Gasteiger partial charge in [-0.1, -0.05) is 84.9 Å². The first-order valence-corrected chi connectivity index (χ1v) is 17.1. The predicted molar refractivity (Wildman–Crippen MR) is 207 cm³/mol. The number of nitrogens with zero attached hydrogens (tertiary/aromatic N) is 3. The van der Waals surface area contributed by atoms with E-state index >= 15 is 0 Å². The van der Waals surface area contributed by atoms with Crippen molar-refractivity contribution in [3.05, 3.63) is 164 Å². The van der Waals surface area contributed by atoms with Crippen LogP contribution >= 0.6 is 0 Å². The minimum absolute atomic E-state index is 0.647. The van der Waals surface area contributed by atoms with Crippen LogP contribution in [-0.2, 0) is 0 Å². The van der Waals surface area contributed by atoms with Crippen molar-refractivity contribution in [1.82, 2.24) is 14.5 Å². The molecule has 4 aromatic heterocycles. The minimum Gasteiger partial charge on any atom is -0.456 e. The SMILES string of the molecule is c1cc(-c2cc(-c3ccc4oc5ccccc5c4c3)nc(-c3ccc4oc5ccccc5c4c3)n2)cc(-n2c3ccccc3c3ccccc32)c1. The summed E-state index contributed by atoms with van der Waals surface area (Å²) >= 11 is 0. The molecular formula is C46H27N3O2. The molecule has 0 aliphatic rings. The van der Waals surface area contributed by atoms with Crippen molar-refractivity contribution >= 4 is 65.7 Å². The summed E-state index contributed by atoms with van der Waals surface area (Å²) in [4.78, 5) is 10.5. The predicted octanol–water partition coefficient (Wildman–Crippen LogP) is 12.4. The van der Waals surface area contributed by atoms with Gasteiger partial charge in [0.25, 0.3) is 0 Å². The molecule has 51 heavy (non-hydrogen) atoms. The maximum atomic E-state index is 6.16. The van der Waals surface area contributed by atoms with E-state index in [1.54, 1.807) is 0 Å². The van der Waals surface area contributed by atoms with E-state index in [1.165, 1.54) is 21.8 Å². The second kappa shape index (κ2) is 10.8. The summed E-state index contributed by atoms with van der Waals surface area (Å²) in [6.07, 6.45) is 0. The van der Waals surface area contributed by atoms with Crippen molar-refractivity contribution in [3.63, 3.8) is 0 Å². The van der Waals surface area contributed by atoms with Gasteiger partial charge in [-0.25, -0.2) is 9.97 Å². The molecular weight excluding hydrogens is 627 g/mol. The molecule has 0 aliphatic heterocycles. The summed E-state index contributed by atoms with van der Waals surface area (Å²) in [7, 11) is 0. The molecule has 0 aliphatic carbocycles. The molecule has 0 N–H and O–H groups in total. The first kappa shape index (κ1) is 27.9. The van der Waals surface area contributed by atoms with Crippen molar-refractivity contribution in [2.24, 2.45) is 0 Å². The summed E-state index contributed by atoms with van der Waals surface area (Å²) in [6, 6.07) is 56.7. The van der Waals surface area contributed by atoms with E-state index in [0.717, 1.165) is 77.6 Å². The lowest BCUT2D eigenvalue weighted by Crippen LogP contribution is -1.98. The fraction of sp³-hybridized carbons (Fsp3) is 0. The van der Waals surface area contributed by atoms with Crippen LogP contribution in [0.4, 0.5) is 0 Å². The number of aromatic nitrogens is 3. The molecule has 0 fully saturated rings. The monoisotopic (exact) mass is 653 g/mol.